The second-order valence-electron chi connectivity index (χ2n) is 7.76. The molecule has 0 N–H and O–H groups in total. The zero-order valence-corrected chi connectivity index (χ0v) is 22.2. The van der Waals surface area contributed by atoms with Gasteiger partial charge < -0.3 is 0 Å². The Labute approximate surface area is 228 Å². The van der Waals surface area contributed by atoms with E-state index in [0.29, 0.717) is 42.6 Å². The predicted octanol–water partition coefficient (Wildman–Crippen LogP) is 9.43. The summed E-state index contributed by atoms with van der Waals surface area (Å²) < 4.78 is 0. The van der Waals surface area contributed by atoms with Gasteiger partial charge in [0.1, 0.15) is 0 Å². The highest BCUT2D eigenvalue weighted by Gasteiger charge is 2.28. The van der Waals surface area contributed by atoms with Crippen molar-refractivity contribution in [1.82, 2.24) is 9.97 Å². The van der Waals surface area contributed by atoms with Gasteiger partial charge in [0.15, 0.2) is 0 Å². The van der Waals surface area contributed by atoms with Crippen molar-refractivity contribution < 1.29 is 0 Å². The van der Waals surface area contributed by atoms with Crippen molar-refractivity contribution in [3.05, 3.63) is 115 Å². The minimum atomic E-state index is -0.560. The molecule has 0 radical (unpaired) electrons. The van der Waals surface area contributed by atoms with E-state index in [-0.39, 0.29) is 0 Å². The van der Waals surface area contributed by atoms with Gasteiger partial charge in [-0.25, -0.2) is 9.97 Å². The Morgan fingerprint density at radius 1 is 0.529 bits per heavy atom. The lowest BCUT2D eigenvalue weighted by molar-refractivity contribution is 0.952. The molecule has 4 aromatic carbocycles. The van der Waals surface area contributed by atoms with Crippen molar-refractivity contribution in [1.29, 1.82) is 0 Å². The van der Waals surface area contributed by atoms with Gasteiger partial charge in [-0.15, -0.1) is 0 Å². The topological polar surface area (TPSA) is 25.8 Å². The van der Waals surface area contributed by atoms with E-state index >= 15 is 0 Å². The number of rotatable bonds is 4. The maximum atomic E-state index is 6.53. The van der Waals surface area contributed by atoms with Crippen LogP contribution in [0.1, 0.15) is 33.0 Å². The summed E-state index contributed by atoms with van der Waals surface area (Å²) in [5.41, 5.74) is 3.91. The van der Waals surface area contributed by atoms with E-state index in [4.69, 9.17) is 81.6 Å². The Kier molecular flexibility index (Phi) is 6.91. The predicted molar refractivity (Wildman–Crippen MR) is 152 cm³/mol. The number of halogens is 4. The second kappa shape index (κ2) is 9.77. The summed E-state index contributed by atoms with van der Waals surface area (Å²) in [6, 6.07) is 22.8. The lowest BCUT2D eigenvalue weighted by Gasteiger charge is -2.22. The molecular weight excluding hydrogens is 546 g/mol. The van der Waals surface area contributed by atoms with Crippen molar-refractivity contribution in [2.24, 2.45) is 0 Å². The van der Waals surface area contributed by atoms with Crippen LogP contribution in [0.25, 0.3) is 21.8 Å². The standard InChI is InChI=1S/C26H16Cl4N2S2/c27-15-7-3-8-16(28)21(15)25(33)23-24(26(34)22-17(29)9-4-10-18(22)30)32-20-12-14-6-2-1-5-13(14)11-19(20)31-23/h1-12,25-26,33-34H. The van der Waals surface area contributed by atoms with E-state index < -0.39 is 10.5 Å². The molecule has 0 bridgehead atoms. The normalized spacial score (nSPS) is 13.4. The molecule has 170 valence electrons. The van der Waals surface area contributed by atoms with Gasteiger partial charge in [0.05, 0.1) is 32.9 Å². The third-order valence-electron chi connectivity index (χ3n) is 5.65. The van der Waals surface area contributed by atoms with Crippen LogP contribution in [0.3, 0.4) is 0 Å². The second-order valence-corrected chi connectivity index (χ2v) is 10.4. The number of hydrogen-bond donors (Lipinski definition) is 2. The summed E-state index contributed by atoms with van der Waals surface area (Å²) in [5.74, 6) is 0. The van der Waals surface area contributed by atoms with E-state index in [1.54, 1.807) is 36.4 Å². The molecule has 0 saturated carbocycles. The average molecular weight is 562 g/mol. The van der Waals surface area contributed by atoms with Crippen LogP contribution in [0.15, 0.2) is 72.8 Å². The van der Waals surface area contributed by atoms with E-state index in [1.165, 1.54) is 0 Å². The Hall–Kier alpha value is -1.66. The van der Waals surface area contributed by atoms with Gasteiger partial charge in [0, 0.05) is 31.2 Å². The molecule has 0 aliphatic heterocycles. The van der Waals surface area contributed by atoms with Gasteiger partial charge in [-0.05, 0) is 47.2 Å². The molecule has 5 rings (SSSR count). The van der Waals surface area contributed by atoms with Crippen LogP contribution >= 0.6 is 71.7 Å². The van der Waals surface area contributed by atoms with Crippen molar-refractivity contribution in [2.45, 2.75) is 10.5 Å². The average Bonchev–Trinajstić information content (AvgIpc) is 2.81. The fraction of sp³-hybridized carbons (Fsp3) is 0.0769. The first-order valence-electron chi connectivity index (χ1n) is 10.3. The highest BCUT2D eigenvalue weighted by molar-refractivity contribution is 7.81. The first-order valence-corrected chi connectivity index (χ1v) is 12.8. The van der Waals surface area contributed by atoms with Crippen LogP contribution in [0, 0.1) is 0 Å². The van der Waals surface area contributed by atoms with Crippen LogP contribution in [0.5, 0.6) is 0 Å². The maximum Gasteiger partial charge on any atom is 0.0897 e. The third kappa shape index (κ3) is 4.37. The molecule has 0 amide bonds. The number of benzene rings is 4. The smallest absolute Gasteiger partial charge is 0.0897 e. The summed E-state index contributed by atoms with van der Waals surface area (Å²) >= 11 is 35.9. The maximum absolute atomic E-state index is 6.53. The highest BCUT2D eigenvalue weighted by Crippen LogP contribution is 2.44. The SMILES string of the molecule is SC(c1nc2cc3ccccc3cc2nc1C(S)c1c(Cl)cccc1Cl)c1c(Cl)cccc1Cl. The third-order valence-corrected chi connectivity index (χ3v) is 7.98. The molecule has 1 aromatic heterocycles. The summed E-state index contributed by atoms with van der Waals surface area (Å²) in [6.45, 7) is 0. The molecule has 1 heterocycles. The molecular formula is C26H16Cl4N2S2. The summed E-state index contributed by atoms with van der Waals surface area (Å²) in [5, 5.41) is 2.97. The highest BCUT2D eigenvalue weighted by atomic mass is 35.5. The number of fused-ring (bicyclic) bond motifs is 2. The minimum Gasteiger partial charge on any atom is -0.248 e. The van der Waals surface area contributed by atoms with Gasteiger partial charge in [-0.3, -0.25) is 0 Å². The summed E-state index contributed by atoms with van der Waals surface area (Å²) in [4.78, 5) is 10.00. The molecule has 0 fully saturated rings. The van der Waals surface area contributed by atoms with E-state index in [1.807, 2.05) is 36.4 Å². The zero-order chi connectivity index (χ0) is 24.0. The van der Waals surface area contributed by atoms with Gasteiger partial charge in [-0.1, -0.05) is 82.8 Å². The monoisotopic (exact) mass is 560 g/mol. The summed E-state index contributed by atoms with van der Waals surface area (Å²) in [7, 11) is 0. The molecule has 8 heteroatoms. The molecule has 2 atom stereocenters. The van der Waals surface area contributed by atoms with Gasteiger partial charge in [-0.2, -0.15) is 25.3 Å². The molecule has 34 heavy (non-hydrogen) atoms. The molecule has 5 aromatic rings. The number of nitrogens with zero attached hydrogens (tertiary/aromatic N) is 2. The number of thiol groups is 2. The van der Waals surface area contributed by atoms with Gasteiger partial charge in [0.2, 0.25) is 0 Å². The Morgan fingerprint density at radius 2 is 0.882 bits per heavy atom. The van der Waals surface area contributed by atoms with Crippen LogP contribution in [-0.2, 0) is 0 Å². The fourth-order valence-electron chi connectivity index (χ4n) is 3.99. The van der Waals surface area contributed by atoms with Crippen molar-refractivity contribution in [3.63, 3.8) is 0 Å². The molecule has 0 saturated heterocycles. The van der Waals surface area contributed by atoms with Crippen molar-refractivity contribution in [2.75, 3.05) is 0 Å². The van der Waals surface area contributed by atoms with Crippen molar-refractivity contribution in [3.8, 4) is 0 Å². The van der Waals surface area contributed by atoms with Crippen LogP contribution in [0.2, 0.25) is 20.1 Å². The van der Waals surface area contributed by atoms with E-state index in [9.17, 15) is 0 Å². The van der Waals surface area contributed by atoms with Crippen LogP contribution < -0.4 is 0 Å². The lowest BCUT2D eigenvalue weighted by atomic mass is 10.0. The number of aromatic nitrogens is 2. The first-order chi connectivity index (χ1) is 16.3. The Balaban J connectivity index is 1.80. The lowest BCUT2D eigenvalue weighted by Crippen LogP contribution is -2.10. The van der Waals surface area contributed by atoms with Crippen LogP contribution in [0.4, 0.5) is 0 Å². The minimum absolute atomic E-state index is 0.491. The van der Waals surface area contributed by atoms with Crippen molar-refractivity contribution >= 4 is 93.5 Å². The molecule has 0 aliphatic rings. The van der Waals surface area contributed by atoms with E-state index in [0.717, 1.165) is 21.8 Å². The fourth-order valence-corrected chi connectivity index (χ4v) is 6.46. The zero-order valence-electron chi connectivity index (χ0n) is 17.4. The summed E-state index contributed by atoms with van der Waals surface area (Å²) in [6.07, 6.45) is 0. The molecule has 0 aliphatic carbocycles. The largest absolute Gasteiger partial charge is 0.248 e. The number of hydrogen-bond acceptors (Lipinski definition) is 4. The Bertz CT molecular complexity index is 1400. The van der Waals surface area contributed by atoms with Gasteiger partial charge >= 0.3 is 0 Å². The quantitative estimate of drug-likeness (QED) is 0.169. The molecule has 2 unspecified atom stereocenters. The first kappa shape index (κ1) is 24.1. The molecule has 2 nitrogen and oxygen atoms in total. The molecule has 0 spiro atoms. The Morgan fingerprint density at radius 3 is 1.24 bits per heavy atom. The van der Waals surface area contributed by atoms with Gasteiger partial charge in [0.25, 0.3) is 0 Å². The van der Waals surface area contributed by atoms with E-state index in [2.05, 4.69) is 0 Å². The van der Waals surface area contributed by atoms with Crippen LogP contribution in [-0.4, -0.2) is 9.97 Å².